The number of nitrogens with zero attached hydrogens (tertiary/aromatic N) is 5. The van der Waals surface area contributed by atoms with Crippen LogP contribution in [-0.2, 0) is 26.6 Å². The van der Waals surface area contributed by atoms with Crippen molar-refractivity contribution in [2.75, 3.05) is 19.6 Å². The van der Waals surface area contributed by atoms with Gasteiger partial charge in [0.2, 0.25) is 0 Å². The molecule has 12 heteroatoms. The van der Waals surface area contributed by atoms with Gasteiger partial charge in [0.1, 0.15) is 11.3 Å². The number of hydrogen-bond donors (Lipinski definition) is 1. The lowest BCUT2D eigenvalue weighted by atomic mass is 10.0. The number of imidazole rings is 1. The third-order valence-corrected chi connectivity index (χ3v) is 13.5. The van der Waals surface area contributed by atoms with Gasteiger partial charge in [0.25, 0.3) is 20.0 Å². The third-order valence-electron chi connectivity index (χ3n) is 9.77. The predicted octanol–water partition coefficient (Wildman–Crippen LogP) is 6.97. The van der Waals surface area contributed by atoms with Gasteiger partial charge in [0.15, 0.2) is 5.65 Å². The molecule has 4 heterocycles. The lowest BCUT2D eigenvalue weighted by Crippen LogP contribution is -2.34. The monoisotopic (exact) mass is 724 g/mol. The Labute approximate surface area is 300 Å². The van der Waals surface area contributed by atoms with Crippen LogP contribution < -0.4 is 4.13 Å². The summed E-state index contributed by atoms with van der Waals surface area (Å²) in [5, 5.41) is 0. The Balaban J connectivity index is 0.000000313. The minimum absolute atomic E-state index is 0.0808. The van der Waals surface area contributed by atoms with Gasteiger partial charge in [-0.25, -0.2) is 26.8 Å². The lowest BCUT2D eigenvalue weighted by Gasteiger charge is -2.27. The number of benzene rings is 3. The van der Waals surface area contributed by atoms with Crippen LogP contribution in [0.1, 0.15) is 73.4 Å². The van der Waals surface area contributed by atoms with Crippen LogP contribution in [0.2, 0.25) is 0 Å². The molecule has 8 rings (SSSR count). The fourth-order valence-corrected chi connectivity index (χ4v) is 10.3. The molecule has 2 aliphatic heterocycles. The van der Waals surface area contributed by atoms with E-state index in [0.29, 0.717) is 29.2 Å². The van der Waals surface area contributed by atoms with Crippen molar-refractivity contribution in [3.63, 3.8) is 0 Å². The standard InChI is InChI=1S/C30H28N4O4S2.C9H16N2/c1-20-7-3-5-9-26(20)39(35,36)33-40(37,38)27-10-6-4-8-25(27)23-13-11-22(12-14-23)19-34-29(24-15-16-24)32-28-21(2)17-18-31-30(28)34;1-2-5-9-10-6-4-8-11(9)7-3-1/h3-14,17-18,24,33H,15-16,19H2,1-2H3;1-8H2. The molecule has 0 atom stereocenters. The molecule has 1 saturated heterocycles. The maximum atomic E-state index is 13.4. The van der Waals surface area contributed by atoms with E-state index in [9.17, 15) is 16.8 Å². The summed E-state index contributed by atoms with van der Waals surface area (Å²) in [6.45, 7) is 7.85. The molecule has 266 valence electrons. The van der Waals surface area contributed by atoms with Crippen LogP contribution in [0.15, 0.2) is 99.8 Å². The molecule has 1 N–H and O–H groups in total. The summed E-state index contributed by atoms with van der Waals surface area (Å²) >= 11 is 0. The number of aliphatic imine (C=N–C) groups is 1. The normalized spacial score (nSPS) is 16.5. The van der Waals surface area contributed by atoms with Crippen molar-refractivity contribution in [1.82, 2.24) is 23.6 Å². The summed E-state index contributed by atoms with van der Waals surface area (Å²) < 4.78 is 56.8. The second-order valence-electron chi connectivity index (χ2n) is 13.6. The van der Waals surface area contributed by atoms with Crippen molar-refractivity contribution in [3.05, 3.63) is 108 Å². The molecule has 0 amide bonds. The van der Waals surface area contributed by atoms with Crippen LogP contribution >= 0.6 is 0 Å². The highest BCUT2D eigenvalue weighted by molar-refractivity contribution is 8.04. The predicted molar refractivity (Wildman–Crippen MR) is 201 cm³/mol. The molecule has 0 bridgehead atoms. The van der Waals surface area contributed by atoms with E-state index in [1.165, 1.54) is 63.2 Å². The van der Waals surface area contributed by atoms with Crippen LogP contribution in [0.3, 0.4) is 0 Å². The van der Waals surface area contributed by atoms with E-state index in [-0.39, 0.29) is 9.79 Å². The number of aromatic nitrogens is 3. The Morgan fingerprint density at radius 1 is 0.765 bits per heavy atom. The van der Waals surface area contributed by atoms with Gasteiger partial charge in [0.05, 0.1) is 22.2 Å². The first-order valence-electron chi connectivity index (χ1n) is 17.7. The number of sulfonamides is 2. The Morgan fingerprint density at radius 3 is 2.24 bits per heavy atom. The van der Waals surface area contributed by atoms with Crippen molar-refractivity contribution in [2.45, 2.75) is 81.0 Å². The van der Waals surface area contributed by atoms with E-state index in [4.69, 9.17) is 4.98 Å². The second kappa shape index (κ2) is 14.7. The van der Waals surface area contributed by atoms with Gasteiger partial charge in [-0.3, -0.25) is 4.99 Å². The largest absolute Gasteiger partial charge is 0.360 e. The van der Waals surface area contributed by atoms with Crippen molar-refractivity contribution in [1.29, 1.82) is 0 Å². The van der Waals surface area contributed by atoms with Crippen LogP contribution in [-0.4, -0.2) is 61.7 Å². The number of nitrogens with one attached hydrogen (secondary N) is 1. The Kier molecular flexibility index (Phi) is 10.1. The molecular weight excluding hydrogens is 681 g/mol. The van der Waals surface area contributed by atoms with Crippen molar-refractivity contribution in [3.8, 4) is 11.1 Å². The molecule has 51 heavy (non-hydrogen) atoms. The van der Waals surface area contributed by atoms with E-state index in [2.05, 4.69) is 19.4 Å². The summed E-state index contributed by atoms with van der Waals surface area (Å²) in [4.78, 5) is 16.4. The smallest absolute Gasteiger partial charge is 0.254 e. The first-order valence-corrected chi connectivity index (χ1v) is 20.7. The van der Waals surface area contributed by atoms with E-state index < -0.39 is 20.0 Å². The van der Waals surface area contributed by atoms with Crippen molar-refractivity contribution in [2.24, 2.45) is 4.99 Å². The third kappa shape index (κ3) is 7.78. The molecule has 3 aromatic carbocycles. The number of aryl methyl sites for hydroxylation is 2. The van der Waals surface area contributed by atoms with Gasteiger partial charge >= 0.3 is 0 Å². The van der Waals surface area contributed by atoms with E-state index in [1.54, 1.807) is 49.5 Å². The molecule has 1 saturated carbocycles. The van der Waals surface area contributed by atoms with Gasteiger partial charge in [0, 0.05) is 43.7 Å². The fourth-order valence-electron chi connectivity index (χ4n) is 6.91. The summed E-state index contributed by atoms with van der Waals surface area (Å²) in [7, 11) is -8.72. The average Bonchev–Trinajstić information content (AvgIpc) is 3.94. The van der Waals surface area contributed by atoms with Crippen molar-refractivity contribution >= 4 is 37.0 Å². The molecule has 0 radical (unpaired) electrons. The molecular formula is C39H44N6O4S2. The molecule has 5 aromatic rings. The van der Waals surface area contributed by atoms with Crippen LogP contribution in [0.25, 0.3) is 22.3 Å². The zero-order valence-corrected chi connectivity index (χ0v) is 30.8. The fraction of sp³-hybridized carbons (Fsp3) is 0.359. The number of hydrogen-bond acceptors (Lipinski definition) is 8. The quantitative estimate of drug-likeness (QED) is 0.183. The minimum atomic E-state index is -4.41. The first-order chi connectivity index (χ1) is 24.6. The zero-order chi connectivity index (χ0) is 35.6. The Hall–Kier alpha value is -4.39. The van der Waals surface area contributed by atoms with Crippen LogP contribution in [0.4, 0.5) is 0 Å². The van der Waals surface area contributed by atoms with E-state index in [0.717, 1.165) is 47.5 Å². The molecule has 0 spiro atoms. The highest BCUT2D eigenvalue weighted by Crippen LogP contribution is 2.41. The Bertz CT molecular complexity index is 2300. The van der Waals surface area contributed by atoms with Crippen LogP contribution in [0.5, 0.6) is 0 Å². The average molecular weight is 725 g/mol. The maximum Gasteiger partial charge on any atom is 0.254 e. The summed E-state index contributed by atoms with van der Waals surface area (Å²) in [6, 6.07) is 22.2. The topological polar surface area (TPSA) is 127 Å². The molecule has 2 fully saturated rings. The van der Waals surface area contributed by atoms with E-state index >= 15 is 0 Å². The summed E-state index contributed by atoms with van der Waals surface area (Å²) in [5.74, 6) is 2.90. The summed E-state index contributed by atoms with van der Waals surface area (Å²) in [5.41, 5.74) is 5.42. The molecule has 10 nitrogen and oxygen atoms in total. The molecule has 1 aliphatic carbocycles. The maximum absolute atomic E-state index is 13.4. The SMILES string of the molecule is C1CCC2=NCCCN2CC1.Cc1ccccc1S(=O)(=O)NS(=O)(=O)c1ccccc1-c1ccc(Cn2c(C3CC3)nc3c(C)ccnc32)cc1. The van der Waals surface area contributed by atoms with Gasteiger partial charge in [-0.2, -0.15) is 0 Å². The highest BCUT2D eigenvalue weighted by Gasteiger charge is 2.31. The van der Waals surface area contributed by atoms with Gasteiger partial charge < -0.3 is 9.47 Å². The zero-order valence-electron chi connectivity index (χ0n) is 29.1. The number of amidine groups is 1. The number of rotatable bonds is 8. The summed E-state index contributed by atoms with van der Waals surface area (Å²) in [6.07, 6.45) is 10.7. The number of fused-ring (bicyclic) bond motifs is 2. The van der Waals surface area contributed by atoms with Gasteiger partial charge in [-0.1, -0.05) is 67.1 Å². The Morgan fingerprint density at radius 2 is 1.47 bits per heavy atom. The molecule has 3 aliphatic rings. The van der Waals surface area contributed by atoms with Crippen LogP contribution in [0, 0.1) is 13.8 Å². The highest BCUT2D eigenvalue weighted by atomic mass is 32.3. The number of pyridine rings is 1. The molecule has 0 unspecified atom stereocenters. The van der Waals surface area contributed by atoms with E-state index in [1.807, 2.05) is 41.4 Å². The molecule has 2 aromatic heterocycles. The second-order valence-corrected chi connectivity index (χ2v) is 17.2. The van der Waals surface area contributed by atoms with Gasteiger partial charge in [-0.15, -0.1) is 4.13 Å². The lowest BCUT2D eigenvalue weighted by molar-refractivity contribution is 0.391. The van der Waals surface area contributed by atoms with Crippen molar-refractivity contribution < 1.29 is 16.8 Å². The first kappa shape index (κ1) is 35.0. The van der Waals surface area contributed by atoms with Gasteiger partial charge in [-0.05, 0) is 86.4 Å². The minimum Gasteiger partial charge on any atom is -0.360 e.